The fourth-order valence-electron chi connectivity index (χ4n) is 2.99. The molecule has 5 heteroatoms. The second kappa shape index (κ2) is 18.0. The molecule has 0 heterocycles. The second-order valence-electron chi connectivity index (χ2n) is 7.46. The number of amides is 1. The van der Waals surface area contributed by atoms with Gasteiger partial charge >= 0.3 is 5.97 Å². The molecule has 0 saturated heterocycles. The number of carbonyl (C=O) groups excluding carboxylic acids is 1. The molecule has 0 unspecified atom stereocenters. The average molecular weight is 384 g/mol. The molecule has 158 valence electrons. The Kier molecular flexibility index (Phi) is 17.1. The molecule has 0 aromatic heterocycles. The van der Waals surface area contributed by atoms with Crippen LogP contribution in [0.1, 0.15) is 104 Å². The summed E-state index contributed by atoms with van der Waals surface area (Å²) < 4.78 is 0. The number of carboxylic acids is 1. The van der Waals surface area contributed by atoms with Gasteiger partial charge in [-0.3, -0.25) is 4.79 Å². The molecular weight excluding hydrogens is 342 g/mol. The van der Waals surface area contributed by atoms with Gasteiger partial charge in [0, 0.05) is 6.42 Å². The summed E-state index contributed by atoms with van der Waals surface area (Å²) >= 11 is 0. The van der Waals surface area contributed by atoms with Crippen molar-refractivity contribution in [1.29, 1.82) is 0 Å². The Morgan fingerprint density at radius 2 is 1.33 bits per heavy atom. The number of nitrogens with one attached hydrogen (secondary N) is 1. The number of carboxylic acid groups (broad SMARTS) is 1. The van der Waals surface area contributed by atoms with Crippen molar-refractivity contribution in [2.24, 2.45) is 0 Å². The lowest BCUT2D eigenvalue weighted by Gasteiger charge is -2.16. The van der Waals surface area contributed by atoms with Gasteiger partial charge in [0.2, 0.25) is 5.91 Å². The Balaban J connectivity index is 3.45. The Labute approximate surface area is 165 Å². The molecule has 2 atom stereocenters. The zero-order valence-electron chi connectivity index (χ0n) is 17.4. The minimum Gasteiger partial charge on any atom is -0.480 e. The van der Waals surface area contributed by atoms with Gasteiger partial charge in [-0.05, 0) is 39.0 Å². The van der Waals surface area contributed by atoms with E-state index in [1.54, 1.807) is 0 Å². The number of aliphatic carboxylic acids is 1. The highest BCUT2D eigenvalue weighted by atomic mass is 16.4. The SMILES string of the molecule is CCCCCCCCC=CCCCCCCCC(=O)N[C@H](C(=O)O)[C@@H](C)O. The number of hydrogen-bond donors (Lipinski definition) is 3. The summed E-state index contributed by atoms with van der Waals surface area (Å²) in [6.07, 6.45) is 19.4. The van der Waals surface area contributed by atoms with Crippen LogP contribution in [0.25, 0.3) is 0 Å². The lowest BCUT2D eigenvalue weighted by molar-refractivity contribution is -0.144. The molecule has 0 rings (SSSR count). The first-order chi connectivity index (χ1) is 13.0. The predicted octanol–water partition coefficient (Wildman–Crippen LogP) is 4.97. The van der Waals surface area contributed by atoms with Gasteiger partial charge in [-0.2, -0.15) is 0 Å². The molecule has 27 heavy (non-hydrogen) atoms. The van der Waals surface area contributed by atoms with Crippen LogP contribution < -0.4 is 5.32 Å². The number of aliphatic hydroxyl groups is 1. The van der Waals surface area contributed by atoms with Crippen molar-refractivity contribution in [3.63, 3.8) is 0 Å². The Morgan fingerprint density at radius 3 is 1.81 bits per heavy atom. The van der Waals surface area contributed by atoms with Crippen LogP contribution in [0.2, 0.25) is 0 Å². The van der Waals surface area contributed by atoms with Gasteiger partial charge in [-0.1, -0.05) is 70.4 Å². The van der Waals surface area contributed by atoms with Crippen molar-refractivity contribution in [2.45, 2.75) is 116 Å². The average Bonchev–Trinajstić information content (AvgIpc) is 2.62. The molecule has 0 aliphatic heterocycles. The highest BCUT2D eigenvalue weighted by molar-refractivity contribution is 5.83. The second-order valence-corrected chi connectivity index (χ2v) is 7.46. The molecule has 0 radical (unpaired) electrons. The molecule has 0 aliphatic rings. The quantitative estimate of drug-likeness (QED) is 0.230. The maximum Gasteiger partial charge on any atom is 0.328 e. The fourth-order valence-corrected chi connectivity index (χ4v) is 2.99. The minimum absolute atomic E-state index is 0.305. The highest BCUT2D eigenvalue weighted by Gasteiger charge is 2.24. The van der Waals surface area contributed by atoms with Crippen LogP contribution >= 0.6 is 0 Å². The summed E-state index contributed by atoms with van der Waals surface area (Å²) in [5.74, 6) is -1.51. The predicted molar refractivity (Wildman–Crippen MR) is 111 cm³/mol. The Morgan fingerprint density at radius 1 is 0.852 bits per heavy atom. The van der Waals surface area contributed by atoms with E-state index < -0.39 is 18.1 Å². The molecule has 0 aromatic rings. The maximum absolute atomic E-state index is 11.7. The van der Waals surface area contributed by atoms with E-state index >= 15 is 0 Å². The van der Waals surface area contributed by atoms with Gasteiger partial charge < -0.3 is 15.5 Å². The van der Waals surface area contributed by atoms with Crippen LogP contribution in [0.4, 0.5) is 0 Å². The lowest BCUT2D eigenvalue weighted by atomic mass is 10.1. The van der Waals surface area contributed by atoms with Gasteiger partial charge in [0.05, 0.1) is 6.10 Å². The summed E-state index contributed by atoms with van der Waals surface area (Å²) in [4.78, 5) is 22.6. The van der Waals surface area contributed by atoms with Crippen LogP contribution in [0.3, 0.4) is 0 Å². The number of unbranched alkanes of at least 4 members (excludes halogenated alkanes) is 11. The van der Waals surface area contributed by atoms with E-state index in [9.17, 15) is 14.7 Å². The van der Waals surface area contributed by atoms with Gasteiger partial charge in [-0.15, -0.1) is 0 Å². The molecule has 5 nitrogen and oxygen atoms in total. The standard InChI is InChI=1S/C22H41NO4/c1-3-4-5-6-7-8-9-10-11-12-13-14-15-16-17-18-20(25)23-21(19(2)24)22(26)27/h10-11,19,21,24H,3-9,12-18H2,1-2H3,(H,23,25)(H,26,27)/t19-,21+/m1/s1. The minimum atomic E-state index is -1.22. The largest absolute Gasteiger partial charge is 0.480 e. The lowest BCUT2D eigenvalue weighted by Crippen LogP contribution is -2.47. The monoisotopic (exact) mass is 383 g/mol. The van der Waals surface area contributed by atoms with Crippen LogP contribution in [-0.2, 0) is 9.59 Å². The van der Waals surface area contributed by atoms with Gasteiger partial charge in [-0.25, -0.2) is 4.79 Å². The van der Waals surface area contributed by atoms with E-state index in [-0.39, 0.29) is 5.91 Å². The summed E-state index contributed by atoms with van der Waals surface area (Å²) in [6.45, 7) is 3.61. The molecule has 3 N–H and O–H groups in total. The van der Waals surface area contributed by atoms with E-state index in [1.165, 1.54) is 58.3 Å². The van der Waals surface area contributed by atoms with Crippen molar-refractivity contribution in [3.8, 4) is 0 Å². The van der Waals surface area contributed by atoms with Crippen molar-refractivity contribution in [3.05, 3.63) is 12.2 Å². The smallest absolute Gasteiger partial charge is 0.328 e. The van der Waals surface area contributed by atoms with E-state index in [0.717, 1.165) is 32.1 Å². The van der Waals surface area contributed by atoms with E-state index in [4.69, 9.17) is 5.11 Å². The first kappa shape index (κ1) is 25.6. The van der Waals surface area contributed by atoms with E-state index in [1.807, 2.05) is 0 Å². The zero-order valence-corrected chi connectivity index (χ0v) is 17.4. The van der Waals surface area contributed by atoms with Crippen LogP contribution in [0.15, 0.2) is 12.2 Å². The molecule has 1 amide bonds. The normalized spacial score (nSPS) is 13.6. The molecule has 0 aliphatic carbocycles. The number of carbonyl (C=O) groups is 2. The third-order valence-corrected chi connectivity index (χ3v) is 4.73. The Hall–Kier alpha value is -1.36. The van der Waals surface area contributed by atoms with Crippen LogP contribution in [0.5, 0.6) is 0 Å². The summed E-state index contributed by atoms with van der Waals surface area (Å²) in [6, 6.07) is -1.22. The first-order valence-corrected chi connectivity index (χ1v) is 10.8. The first-order valence-electron chi connectivity index (χ1n) is 10.8. The number of rotatable bonds is 18. The van der Waals surface area contributed by atoms with Gasteiger partial charge in [0.15, 0.2) is 6.04 Å². The fraction of sp³-hybridized carbons (Fsp3) is 0.818. The highest BCUT2D eigenvalue weighted by Crippen LogP contribution is 2.10. The number of aliphatic hydroxyl groups excluding tert-OH is 1. The zero-order chi connectivity index (χ0) is 20.3. The van der Waals surface area contributed by atoms with Crippen molar-refractivity contribution in [2.75, 3.05) is 0 Å². The summed E-state index contributed by atoms with van der Waals surface area (Å²) in [5, 5.41) is 20.6. The topological polar surface area (TPSA) is 86.6 Å². The maximum atomic E-state index is 11.7. The summed E-state index contributed by atoms with van der Waals surface area (Å²) in [7, 11) is 0. The van der Waals surface area contributed by atoms with Crippen LogP contribution in [0, 0.1) is 0 Å². The summed E-state index contributed by atoms with van der Waals surface area (Å²) in [5.41, 5.74) is 0. The van der Waals surface area contributed by atoms with Gasteiger partial charge in [0.1, 0.15) is 0 Å². The van der Waals surface area contributed by atoms with Crippen molar-refractivity contribution < 1.29 is 19.8 Å². The van der Waals surface area contributed by atoms with Gasteiger partial charge in [0.25, 0.3) is 0 Å². The molecule has 0 aromatic carbocycles. The van der Waals surface area contributed by atoms with Crippen molar-refractivity contribution >= 4 is 11.9 Å². The molecule has 0 spiro atoms. The van der Waals surface area contributed by atoms with E-state index in [0.29, 0.717) is 6.42 Å². The Bertz CT molecular complexity index is 407. The molecular formula is C22H41NO4. The number of hydrogen-bond acceptors (Lipinski definition) is 3. The molecule has 0 saturated carbocycles. The van der Waals surface area contributed by atoms with E-state index in [2.05, 4.69) is 24.4 Å². The third kappa shape index (κ3) is 16.5. The number of allylic oxidation sites excluding steroid dienone is 2. The third-order valence-electron chi connectivity index (χ3n) is 4.73. The molecule has 0 bridgehead atoms. The van der Waals surface area contributed by atoms with Crippen LogP contribution in [-0.4, -0.2) is 34.2 Å². The molecule has 0 fully saturated rings. The van der Waals surface area contributed by atoms with Crippen molar-refractivity contribution in [1.82, 2.24) is 5.32 Å².